The number of aliphatic hydroxyl groups excluding tert-OH is 1. The van der Waals surface area contributed by atoms with Crippen LogP contribution in [-0.4, -0.2) is 16.3 Å². The number of fused-ring (bicyclic) bond motifs is 1. The van der Waals surface area contributed by atoms with E-state index in [0.717, 1.165) is 18.4 Å². The first-order chi connectivity index (χ1) is 7.16. The minimum atomic E-state index is -0.391. The summed E-state index contributed by atoms with van der Waals surface area (Å²) in [6, 6.07) is 3.95. The molecule has 0 spiro atoms. The molecule has 2 heteroatoms. The fraction of sp³-hybridized carbons (Fsp3) is 0.538. The number of hydrogen-bond acceptors (Lipinski definition) is 2. The Morgan fingerprint density at radius 1 is 1.20 bits per heavy atom. The van der Waals surface area contributed by atoms with Crippen molar-refractivity contribution in [1.82, 2.24) is 0 Å². The highest BCUT2D eigenvalue weighted by atomic mass is 16.3. The summed E-state index contributed by atoms with van der Waals surface area (Å²) in [7, 11) is 0. The first-order valence-corrected chi connectivity index (χ1v) is 5.68. The van der Waals surface area contributed by atoms with E-state index in [1.807, 2.05) is 6.07 Å². The molecule has 0 fully saturated rings. The molecule has 0 aromatic heterocycles. The van der Waals surface area contributed by atoms with Crippen molar-refractivity contribution < 1.29 is 10.2 Å². The maximum Gasteiger partial charge on any atom is 0.119 e. The third kappa shape index (κ3) is 2.32. The van der Waals surface area contributed by atoms with Crippen LogP contribution in [0.3, 0.4) is 0 Å². The normalized spacial score (nSPS) is 17.2. The van der Waals surface area contributed by atoms with Crippen molar-refractivity contribution in [2.45, 2.75) is 45.1 Å². The molecule has 1 aromatic carbocycles. The van der Waals surface area contributed by atoms with E-state index in [2.05, 4.69) is 6.07 Å². The molecule has 0 aliphatic heterocycles. The van der Waals surface area contributed by atoms with Crippen LogP contribution in [0.15, 0.2) is 12.1 Å². The maximum absolute atomic E-state index is 9.80. The first-order valence-electron chi connectivity index (χ1n) is 5.68. The van der Waals surface area contributed by atoms with Crippen molar-refractivity contribution in [2.24, 2.45) is 0 Å². The smallest absolute Gasteiger partial charge is 0.119 e. The zero-order valence-corrected chi connectivity index (χ0v) is 9.16. The van der Waals surface area contributed by atoms with Crippen LogP contribution in [0.4, 0.5) is 0 Å². The van der Waals surface area contributed by atoms with Gasteiger partial charge in [-0.2, -0.15) is 0 Å². The summed E-state index contributed by atoms with van der Waals surface area (Å²) < 4.78 is 0. The Hall–Kier alpha value is -1.02. The van der Waals surface area contributed by atoms with E-state index in [1.54, 1.807) is 6.92 Å². The molecular formula is C13H18O2. The van der Waals surface area contributed by atoms with Gasteiger partial charge in [-0.1, -0.05) is 6.07 Å². The highest BCUT2D eigenvalue weighted by Gasteiger charge is 2.13. The van der Waals surface area contributed by atoms with Crippen LogP contribution in [0.1, 0.15) is 36.5 Å². The SMILES string of the molecule is CC(O)Cc1cc2c(cc1O)CCCC2. The fourth-order valence-electron chi connectivity index (χ4n) is 2.31. The monoisotopic (exact) mass is 206 g/mol. The molecule has 0 heterocycles. The topological polar surface area (TPSA) is 40.5 Å². The Morgan fingerprint density at radius 2 is 1.80 bits per heavy atom. The van der Waals surface area contributed by atoms with Crippen LogP contribution < -0.4 is 0 Å². The molecule has 15 heavy (non-hydrogen) atoms. The second kappa shape index (κ2) is 4.23. The molecule has 2 nitrogen and oxygen atoms in total. The van der Waals surface area contributed by atoms with Gasteiger partial charge in [-0.25, -0.2) is 0 Å². The molecule has 0 saturated carbocycles. The molecule has 1 unspecified atom stereocenters. The maximum atomic E-state index is 9.80. The summed E-state index contributed by atoms with van der Waals surface area (Å²) in [5.41, 5.74) is 3.52. The van der Waals surface area contributed by atoms with Crippen LogP contribution in [0.25, 0.3) is 0 Å². The first kappa shape index (κ1) is 10.5. The van der Waals surface area contributed by atoms with Crippen molar-refractivity contribution in [2.75, 3.05) is 0 Å². The fourth-order valence-corrected chi connectivity index (χ4v) is 2.31. The Bertz CT molecular complexity index is 356. The molecule has 2 N–H and O–H groups in total. The van der Waals surface area contributed by atoms with E-state index < -0.39 is 6.10 Å². The van der Waals surface area contributed by atoms with Gasteiger partial charge < -0.3 is 10.2 Å². The van der Waals surface area contributed by atoms with Crippen molar-refractivity contribution in [3.05, 3.63) is 28.8 Å². The second-order valence-corrected chi connectivity index (χ2v) is 4.51. The van der Waals surface area contributed by atoms with Gasteiger partial charge in [0.05, 0.1) is 6.10 Å². The molecule has 0 radical (unpaired) electrons. The Morgan fingerprint density at radius 3 is 2.40 bits per heavy atom. The lowest BCUT2D eigenvalue weighted by atomic mass is 9.89. The number of rotatable bonds is 2. The van der Waals surface area contributed by atoms with E-state index in [1.165, 1.54) is 24.0 Å². The van der Waals surface area contributed by atoms with E-state index in [9.17, 15) is 10.2 Å². The number of aliphatic hydroxyl groups is 1. The van der Waals surface area contributed by atoms with Gasteiger partial charge in [-0.15, -0.1) is 0 Å². The van der Waals surface area contributed by atoms with E-state index in [4.69, 9.17) is 0 Å². The highest BCUT2D eigenvalue weighted by molar-refractivity contribution is 5.43. The summed E-state index contributed by atoms with van der Waals surface area (Å²) in [6.07, 6.45) is 4.81. The third-order valence-electron chi connectivity index (χ3n) is 3.06. The largest absolute Gasteiger partial charge is 0.508 e. The van der Waals surface area contributed by atoms with E-state index >= 15 is 0 Å². The molecule has 0 amide bonds. The summed E-state index contributed by atoms with van der Waals surface area (Å²) in [6.45, 7) is 1.75. The summed E-state index contributed by atoms with van der Waals surface area (Å²) in [5, 5.41) is 19.1. The Kier molecular flexibility index (Phi) is 2.96. The van der Waals surface area contributed by atoms with Crippen LogP contribution in [0.5, 0.6) is 5.75 Å². The quantitative estimate of drug-likeness (QED) is 0.778. The zero-order chi connectivity index (χ0) is 10.8. The lowest BCUT2D eigenvalue weighted by Gasteiger charge is -2.18. The van der Waals surface area contributed by atoms with Gasteiger partial charge in [0.1, 0.15) is 5.75 Å². The van der Waals surface area contributed by atoms with Gasteiger partial charge in [0.25, 0.3) is 0 Å². The van der Waals surface area contributed by atoms with Crippen LogP contribution in [0.2, 0.25) is 0 Å². The lowest BCUT2D eigenvalue weighted by Crippen LogP contribution is -2.08. The molecule has 82 valence electrons. The number of phenols is 1. The van der Waals surface area contributed by atoms with E-state index in [0.29, 0.717) is 12.2 Å². The highest BCUT2D eigenvalue weighted by Crippen LogP contribution is 2.29. The van der Waals surface area contributed by atoms with Gasteiger partial charge in [0.15, 0.2) is 0 Å². The molecule has 0 saturated heterocycles. The van der Waals surface area contributed by atoms with Crippen LogP contribution >= 0.6 is 0 Å². The number of phenolic OH excluding ortho intramolecular Hbond substituents is 1. The van der Waals surface area contributed by atoms with Crippen molar-refractivity contribution in [3.8, 4) is 5.75 Å². The number of aromatic hydroxyl groups is 1. The molecular weight excluding hydrogens is 188 g/mol. The summed E-state index contributed by atoms with van der Waals surface area (Å²) >= 11 is 0. The predicted molar refractivity (Wildman–Crippen MR) is 60.1 cm³/mol. The number of aryl methyl sites for hydroxylation is 2. The summed E-state index contributed by atoms with van der Waals surface area (Å²) in [5.74, 6) is 0.344. The average molecular weight is 206 g/mol. The van der Waals surface area contributed by atoms with Gasteiger partial charge in [0.2, 0.25) is 0 Å². The van der Waals surface area contributed by atoms with Crippen LogP contribution in [-0.2, 0) is 19.3 Å². The molecule has 1 atom stereocenters. The third-order valence-corrected chi connectivity index (χ3v) is 3.06. The Balaban J connectivity index is 2.32. The average Bonchev–Trinajstić information content (AvgIpc) is 2.18. The lowest BCUT2D eigenvalue weighted by molar-refractivity contribution is 0.194. The van der Waals surface area contributed by atoms with Crippen molar-refractivity contribution >= 4 is 0 Å². The van der Waals surface area contributed by atoms with Gasteiger partial charge in [-0.05, 0) is 55.4 Å². The number of hydrogen-bond donors (Lipinski definition) is 2. The molecule has 2 rings (SSSR count). The van der Waals surface area contributed by atoms with Gasteiger partial charge in [-0.3, -0.25) is 0 Å². The van der Waals surface area contributed by atoms with Gasteiger partial charge in [0, 0.05) is 6.42 Å². The van der Waals surface area contributed by atoms with Crippen molar-refractivity contribution in [1.29, 1.82) is 0 Å². The van der Waals surface area contributed by atoms with Gasteiger partial charge >= 0.3 is 0 Å². The minimum Gasteiger partial charge on any atom is -0.508 e. The molecule has 1 aromatic rings. The molecule has 0 bridgehead atoms. The molecule has 1 aliphatic rings. The predicted octanol–water partition coefficient (Wildman–Crippen LogP) is 2.19. The Labute approximate surface area is 90.6 Å². The van der Waals surface area contributed by atoms with E-state index in [-0.39, 0.29) is 0 Å². The standard InChI is InChI=1S/C13H18O2/c1-9(14)6-12-7-10-4-2-3-5-11(10)8-13(12)15/h7-9,14-15H,2-6H2,1H3. The summed E-state index contributed by atoms with van der Waals surface area (Å²) in [4.78, 5) is 0. The zero-order valence-electron chi connectivity index (χ0n) is 9.16. The minimum absolute atomic E-state index is 0.344. The second-order valence-electron chi connectivity index (χ2n) is 4.51. The van der Waals surface area contributed by atoms with Crippen molar-refractivity contribution in [3.63, 3.8) is 0 Å². The number of benzene rings is 1. The van der Waals surface area contributed by atoms with Crippen LogP contribution in [0, 0.1) is 0 Å². The molecule has 1 aliphatic carbocycles.